The van der Waals surface area contributed by atoms with Crippen LogP contribution >= 0.6 is 0 Å². The first kappa shape index (κ1) is 9.65. The van der Waals surface area contributed by atoms with E-state index in [1.165, 1.54) is 11.1 Å². The van der Waals surface area contributed by atoms with Gasteiger partial charge in [-0.25, -0.2) is 0 Å². The Balaban J connectivity index is 2.29. The molecule has 2 rings (SSSR count). The van der Waals surface area contributed by atoms with Crippen LogP contribution in [0.2, 0.25) is 0 Å². The first-order valence-electron chi connectivity index (χ1n) is 4.87. The second kappa shape index (κ2) is 4.09. The molecule has 0 fully saturated rings. The van der Waals surface area contributed by atoms with Crippen molar-refractivity contribution in [1.82, 2.24) is 0 Å². The van der Waals surface area contributed by atoms with E-state index < -0.39 is 0 Å². The number of nitrogens with two attached hydrogens (primary N) is 1. The Bertz CT molecular complexity index is 325. The van der Waals surface area contributed by atoms with Gasteiger partial charge in [0.25, 0.3) is 0 Å². The van der Waals surface area contributed by atoms with Crippen molar-refractivity contribution >= 4 is 0 Å². The normalized spacial score (nSPS) is 17.6. The van der Waals surface area contributed by atoms with Gasteiger partial charge in [0.15, 0.2) is 0 Å². The summed E-state index contributed by atoms with van der Waals surface area (Å²) in [7, 11) is 0. The molecule has 0 amide bonds. The molecule has 14 heavy (non-hydrogen) atoms. The van der Waals surface area contributed by atoms with Crippen LogP contribution in [-0.4, -0.2) is 18.3 Å². The molecule has 3 N–H and O–H groups in total. The minimum absolute atomic E-state index is 0.00468. The van der Waals surface area contributed by atoms with Crippen LogP contribution in [0.4, 0.5) is 0 Å². The number of hydrogen-bond donors (Lipinski definition) is 2. The molecule has 0 bridgehead atoms. The van der Waals surface area contributed by atoms with Gasteiger partial charge in [-0.15, -0.1) is 0 Å². The molecule has 3 nitrogen and oxygen atoms in total. The van der Waals surface area contributed by atoms with Gasteiger partial charge >= 0.3 is 0 Å². The van der Waals surface area contributed by atoms with Crippen LogP contribution in [0.1, 0.15) is 22.7 Å². The number of fused-ring (bicyclic) bond motifs is 1. The summed E-state index contributed by atoms with van der Waals surface area (Å²) < 4.78 is 5.34. The molecule has 0 radical (unpaired) electrons. The maximum absolute atomic E-state index is 8.94. The van der Waals surface area contributed by atoms with E-state index in [0.29, 0.717) is 6.61 Å². The van der Waals surface area contributed by atoms with Crippen molar-refractivity contribution < 1.29 is 9.84 Å². The van der Waals surface area contributed by atoms with E-state index in [9.17, 15) is 0 Å². The highest BCUT2D eigenvalue weighted by Crippen LogP contribution is 2.20. The fourth-order valence-corrected chi connectivity index (χ4v) is 1.72. The van der Waals surface area contributed by atoms with Crippen LogP contribution < -0.4 is 5.73 Å². The lowest BCUT2D eigenvalue weighted by molar-refractivity contribution is 0.110. The van der Waals surface area contributed by atoms with Gasteiger partial charge in [0.05, 0.1) is 25.9 Å². The molecule has 0 unspecified atom stereocenters. The van der Waals surface area contributed by atoms with E-state index in [0.717, 1.165) is 18.6 Å². The highest BCUT2D eigenvalue weighted by Gasteiger charge is 2.12. The summed E-state index contributed by atoms with van der Waals surface area (Å²) in [5.41, 5.74) is 9.30. The van der Waals surface area contributed by atoms with E-state index in [2.05, 4.69) is 6.07 Å². The fourth-order valence-electron chi connectivity index (χ4n) is 1.72. The summed E-state index contributed by atoms with van der Waals surface area (Å²) in [6.07, 6.45) is 0.946. The summed E-state index contributed by atoms with van der Waals surface area (Å²) in [5.74, 6) is 0. The smallest absolute Gasteiger partial charge is 0.0719 e. The van der Waals surface area contributed by atoms with E-state index >= 15 is 0 Å². The molecular formula is C11H15NO2. The molecule has 1 aromatic carbocycles. The average molecular weight is 193 g/mol. The van der Waals surface area contributed by atoms with E-state index in [-0.39, 0.29) is 12.6 Å². The lowest BCUT2D eigenvalue weighted by Crippen LogP contribution is -2.16. The second-order valence-corrected chi connectivity index (χ2v) is 3.62. The Morgan fingerprint density at radius 2 is 2.29 bits per heavy atom. The quantitative estimate of drug-likeness (QED) is 0.728. The molecule has 1 aliphatic rings. The molecule has 3 heteroatoms. The van der Waals surface area contributed by atoms with E-state index in [1.807, 2.05) is 12.1 Å². The fraction of sp³-hybridized carbons (Fsp3) is 0.455. The number of aliphatic hydroxyl groups excluding tert-OH is 1. The van der Waals surface area contributed by atoms with Crippen molar-refractivity contribution in [2.24, 2.45) is 5.73 Å². The van der Waals surface area contributed by atoms with Crippen LogP contribution in [0.15, 0.2) is 18.2 Å². The summed E-state index contributed by atoms with van der Waals surface area (Å²) in [6, 6.07) is 5.83. The summed E-state index contributed by atoms with van der Waals surface area (Å²) >= 11 is 0. The lowest BCUT2D eigenvalue weighted by atomic mass is 9.97. The zero-order chi connectivity index (χ0) is 9.97. The van der Waals surface area contributed by atoms with Gasteiger partial charge < -0.3 is 15.6 Å². The molecular weight excluding hydrogens is 178 g/mol. The molecule has 0 saturated heterocycles. The third-order valence-corrected chi connectivity index (χ3v) is 2.63. The Morgan fingerprint density at radius 1 is 1.43 bits per heavy atom. The van der Waals surface area contributed by atoms with Crippen molar-refractivity contribution in [3.8, 4) is 0 Å². The first-order chi connectivity index (χ1) is 6.81. The lowest BCUT2D eigenvalue weighted by Gasteiger charge is -2.18. The van der Waals surface area contributed by atoms with Crippen molar-refractivity contribution in [2.45, 2.75) is 19.1 Å². The van der Waals surface area contributed by atoms with Crippen LogP contribution in [-0.2, 0) is 17.8 Å². The third kappa shape index (κ3) is 1.80. The number of aliphatic hydroxyl groups is 1. The number of benzene rings is 1. The van der Waals surface area contributed by atoms with Gasteiger partial charge in [-0.05, 0) is 23.1 Å². The Kier molecular flexibility index (Phi) is 2.82. The monoisotopic (exact) mass is 193 g/mol. The average Bonchev–Trinajstić information content (AvgIpc) is 2.27. The molecule has 1 atom stereocenters. The summed E-state index contributed by atoms with van der Waals surface area (Å²) in [4.78, 5) is 0. The highest BCUT2D eigenvalue weighted by atomic mass is 16.5. The zero-order valence-corrected chi connectivity index (χ0v) is 8.07. The largest absolute Gasteiger partial charge is 0.394 e. The minimum atomic E-state index is -0.261. The molecule has 0 aliphatic carbocycles. The minimum Gasteiger partial charge on any atom is -0.394 e. The molecule has 0 saturated carbocycles. The van der Waals surface area contributed by atoms with Crippen molar-refractivity contribution in [3.05, 3.63) is 34.9 Å². The van der Waals surface area contributed by atoms with Crippen LogP contribution in [0.5, 0.6) is 0 Å². The SMILES string of the molecule is N[C@@H](CO)c1ccc2c(c1)CCOC2. The molecule has 1 aromatic rings. The van der Waals surface area contributed by atoms with Crippen LogP contribution in [0.25, 0.3) is 0 Å². The highest BCUT2D eigenvalue weighted by molar-refractivity contribution is 5.34. The molecule has 76 valence electrons. The summed E-state index contributed by atoms with van der Waals surface area (Å²) in [5, 5.41) is 8.94. The topological polar surface area (TPSA) is 55.5 Å². The van der Waals surface area contributed by atoms with Gasteiger partial charge in [0.1, 0.15) is 0 Å². The number of ether oxygens (including phenoxy) is 1. The third-order valence-electron chi connectivity index (χ3n) is 2.63. The van der Waals surface area contributed by atoms with E-state index in [1.54, 1.807) is 0 Å². The predicted octanol–water partition coefficient (Wildman–Crippen LogP) is 0.751. The Hall–Kier alpha value is -0.900. The Morgan fingerprint density at radius 3 is 3.07 bits per heavy atom. The zero-order valence-electron chi connectivity index (χ0n) is 8.07. The van der Waals surface area contributed by atoms with Crippen molar-refractivity contribution in [2.75, 3.05) is 13.2 Å². The summed E-state index contributed by atoms with van der Waals surface area (Å²) in [6.45, 7) is 1.48. The maximum atomic E-state index is 8.94. The van der Waals surface area contributed by atoms with Gasteiger partial charge in [0, 0.05) is 0 Å². The van der Waals surface area contributed by atoms with Gasteiger partial charge in [-0.2, -0.15) is 0 Å². The van der Waals surface area contributed by atoms with E-state index in [4.69, 9.17) is 15.6 Å². The number of rotatable bonds is 2. The van der Waals surface area contributed by atoms with Crippen molar-refractivity contribution in [1.29, 1.82) is 0 Å². The molecule has 0 aromatic heterocycles. The van der Waals surface area contributed by atoms with Gasteiger partial charge in [0.2, 0.25) is 0 Å². The number of hydrogen-bond acceptors (Lipinski definition) is 3. The van der Waals surface area contributed by atoms with Crippen LogP contribution in [0.3, 0.4) is 0 Å². The first-order valence-corrected chi connectivity index (χ1v) is 4.87. The molecule has 1 heterocycles. The molecule has 1 aliphatic heterocycles. The predicted molar refractivity (Wildman–Crippen MR) is 53.8 cm³/mol. The van der Waals surface area contributed by atoms with Gasteiger partial charge in [-0.1, -0.05) is 18.2 Å². The van der Waals surface area contributed by atoms with Gasteiger partial charge in [-0.3, -0.25) is 0 Å². The standard InChI is InChI=1S/C11H15NO2/c12-11(6-13)9-1-2-10-7-14-4-3-8(10)5-9/h1-2,5,11,13H,3-4,6-7,12H2/t11-/m0/s1. The van der Waals surface area contributed by atoms with Crippen LogP contribution in [0, 0.1) is 0 Å². The Labute approximate surface area is 83.5 Å². The second-order valence-electron chi connectivity index (χ2n) is 3.62. The maximum Gasteiger partial charge on any atom is 0.0719 e. The van der Waals surface area contributed by atoms with Crippen molar-refractivity contribution in [3.63, 3.8) is 0 Å². The molecule has 0 spiro atoms.